The van der Waals surface area contributed by atoms with Gasteiger partial charge in [-0.05, 0) is 24.6 Å². The van der Waals surface area contributed by atoms with Crippen LogP contribution in [0, 0.1) is 6.92 Å². The highest BCUT2D eigenvalue weighted by molar-refractivity contribution is 5.84. The molecular weight excluding hydrogens is 262 g/mol. The van der Waals surface area contributed by atoms with E-state index in [4.69, 9.17) is 14.6 Å². The fourth-order valence-electron chi connectivity index (χ4n) is 1.65. The molecule has 0 aliphatic carbocycles. The van der Waals surface area contributed by atoms with Crippen LogP contribution in [-0.4, -0.2) is 39.8 Å². The zero-order valence-electron chi connectivity index (χ0n) is 11.2. The van der Waals surface area contributed by atoms with Gasteiger partial charge < -0.3 is 14.6 Å². The number of carboxylic acid groups (broad SMARTS) is 1. The van der Waals surface area contributed by atoms with Crippen molar-refractivity contribution in [2.45, 2.75) is 13.5 Å². The summed E-state index contributed by atoms with van der Waals surface area (Å²) >= 11 is 0. The van der Waals surface area contributed by atoms with Gasteiger partial charge in [-0.2, -0.15) is 0 Å². The van der Waals surface area contributed by atoms with E-state index in [0.29, 0.717) is 24.7 Å². The highest BCUT2D eigenvalue weighted by Crippen LogP contribution is 2.27. The van der Waals surface area contributed by atoms with E-state index in [1.165, 1.54) is 10.9 Å². The molecular formula is C13H15N3O4. The molecule has 20 heavy (non-hydrogen) atoms. The number of methoxy groups -OCH3 is 1. The lowest BCUT2D eigenvalue weighted by atomic mass is 10.2. The molecule has 1 aromatic heterocycles. The SMILES string of the molecule is COc1cc(C)ccc1OCCn1cc(C(=O)O)nn1. The molecule has 0 spiro atoms. The minimum absolute atomic E-state index is 0.0853. The number of aryl methyl sites for hydroxylation is 1. The summed E-state index contributed by atoms with van der Waals surface area (Å²) in [5.41, 5.74) is 0.995. The first kappa shape index (κ1) is 13.9. The second-order valence-electron chi connectivity index (χ2n) is 4.17. The molecule has 0 aliphatic heterocycles. The van der Waals surface area contributed by atoms with E-state index in [1.54, 1.807) is 7.11 Å². The number of nitrogens with zero attached hydrogens (tertiary/aromatic N) is 3. The highest BCUT2D eigenvalue weighted by atomic mass is 16.5. The number of aromatic nitrogens is 3. The van der Waals surface area contributed by atoms with Gasteiger partial charge in [0.15, 0.2) is 17.2 Å². The van der Waals surface area contributed by atoms with Crippen molar-refractivity contribution >= 4 is 5.97 Å². The van der Waals surface area contributed by atoms with Gasteiger partial charge in [0, 0.05) is 0 Å². The molecule has 1 heterocycles. The molecule has 0 bridgehead atoms. The maximum Gasteiger partial charge on any atom is 0.358 e. The molecule has 1 aromatic carbocycles. The van der Waals surface area contributed by atoms with Crippen LogP contribution in [0.1, 0.15) is 16.1 Å². The Labute approximate surface area is 115 Å². The minimum atomic E-state index is -1.10. The molecule has 0 atom stereocenters. The zero-order valence-corrected chi connectivity index (χ0v) is 11.2. The van der Waals surface area contributed by atoms with E-state index in [1.807, 2.05) is 25.1 Å². The predicted octanol–water partition coefficient (Wildman–Crippen LogP) is 1.37. The van der Waals surface area contributed by atoms with Gasteiger partial charge in [0.05, 0.1) is 19.9 Å². The van der Waals surface area contributed by atoms with Gasteiger partial charge in [-0.3, -0.25) is 0 Å². The summed E-state index contributed by atoms with van der Waals surface area (Å²) < 4.78 is 12.2. The Kier molecular flexibility index (Phi) is 4.19. The van der Waals surface area contributed by atoms with Crippen LogP contribution in [0.15, 0.2) is 24.4 Å². The Bertz CT molecular complexity index is 609. The van der Waals surface area contributed by atoms with Gasteiger partial charge >= 0.3 is 5.97 Å². The fraction of sp³-hybridized carbons (Fsp3) is 0.308. The van der Waals surface area contributed by atoms with Gasteiger partial charge in [0.25, 0.3) is 0 Å². The summed E-state index contributed by atoms with van der Waals surface area (Å²) in [5, 5.41) is 16.0. The van der Waals surface area contributed by atoms with Crippen molar-refractivity contribution in [1.82, 2.24) is 15.0 Å². The largest absolute Gasteiger partial charge is 0.493 e. The summed E-state index contributed by atoms with van der Waals surface area (Å²) in [6.45, 7) is 2.70. The zero-order chi connectivity index (χ0) is 14.5. The Morgan fingerprint density at radius 1 is 1.40 bits per heavy atom. The molecule has 0 radical (unpaired) electrons. The van der Waals surface area contributed by atoms with Crippen molar-refractivity contribution in [3.63, 3.8) is 0 Å². The first-order valence-electron chi connectivity index (χ1n) is 6.01. The molecule has 2 aromatic rings. The molecule has 0 saturated carbocycles. The van der Waals surface area contributed by atoms with Crippen LogP contribution >= 0.6 is 0 Å². The smallest absolute Gasteiger partial charge is 0.358 e. The van der Waals surface area contributed by atoms with E-state index < -0.39 is 5.97 Å². The second kappa shape index (κ2) is 6.05. The van der Waals surface area contributed by atoms with Crippen LogP contribution < -0.4 is 9.47 Å². The second-order valence-corrected chi connectivity index (χ2v) is 4.17. The van der Waals surface area contributed by atoms with Gasteiger partial charge in [0.1, 0.15) is 6.61 Å². The lowest BCUT2D eigenvalue weighted by molar-refractivity contribution is 0.0690. The van der Waals surface area contributed by atoms with Crippen LogP contribution in [0.25, 0.3) is 0 Å². The number of carbonyl (C=O) groups is 1. The number of benzene rings is 1. The van der Waals surface area contributed by atoms with Gasteiger partial charge in [-0.15, -0.1) is 5.10 Å². The minimum Gasteiger partial charge on any atom is -0.493 e. The molecule has 106 valence electrons. The predicted molar refractivity (Wildman–Crippen MR) is 70.2 cm³/mol. The van der Waals surface area contributed by atoms with Crippen molar-refractivity contribution in [1.29, 1.82) is 0 Å². The maximum atomic E-state index is 10.7. The third-order valence-corrected chi connectivity index (χ3v) is 2.65. The summed E-state index contributed by atoms with van der Waals surface area (Å²) in [6.07, 6.45) is 1.36. The lowest BCUT2D eigenvalue weighted by Gasteiger charge is -2.11. The quantitative estimate of drug-likeness (QED) is 0.858. The van der Waals surface area contributed by atoms with E-state index in [2.05, 4.69) is 10.3 Å². The van der Waals surface area contributed by atoms with Crippen molar-refractivity contribution in [3.8, 4) is 11.5 Å². The van der Waals surface area contributed by atoms with E-state index in [-0.39, 0.29) is 5.69 Å². The van der Waals surface area contributed by atoms with Crippen LogP contribution in [-0.2, 0) is 6.54 Å². The Balaban J connectivity index is 1.93. The van der Waals surface area contributed by atoms with E-state index >= 15 is 0 Å². The van der Waals surface area contributed by atoms with Crippen LogP contribution in [0.2, 0.25) is 0 Å². The molecule has 0 amide bonds. The number of hydrogen-bond acceptors (Lipinski definition) is 5. The van der Waals surface area contributed by atoms with Crippen LogP contribution in [0.5, 0.6) is 11.5 Å². The third kappa shape index (κ3) is 3.25. The van der Waals surface area contributed by atoms with Gasteiger partial charge in [-0.25, -0.2) is 9.48 Å². The van der Waals surface area contributed by atoms with Crippen molar-refractivity contribution in [2.75, 3.05) is 13.7 Å². The summed E-state index contributed by atoms with van der Waals surface area (Å²) in [6, 6.07) is 5.64. The average molecular weight is 277 g/mol. The average Bonchev–Trinajstić information content (AvgIpc) is 2.89. The maximum absolute atomic E-state index is 10.7. The Morgan fingerprint density at radius 3 is 2.85 bits per heavy atom. The fourth-order valence-corrected chi connectivity index (χ4v) is 1.65. The molecule has 0 aliphatic rings. The van der Waals surface area contributed by atoms with Crippen molar-refractivity contribution in [2.24, 2.45) is 0 Å². The third-order valence-electron chi connectivity index (χ3n) is 2.65. The number of ether oxygens (including phenoxy) is 2. The highest BCUT2D eigenvalue weighted by Gasteiger charge is 2.08. The number of rotatable bonds is 6. The Hall–Kier alpha value is -2.57. The topological polar surface area (TPSA) is 86.5 Å². The standard InChI is InChI=1S/C13H15N3O4/c1-9-3-4-11(12(7-9)19-2)20-6-5-16-8-10(13(17)18)14-15-16/h3-4,7-8H,5-6H2,1-2H3,(H,17,18). The molecule has 0 saturated heterocycles. The first-order chi connectivity index (χ1) is 9.60. The summed E-state index contributed by atoms with van der Waals surface area (Å²) in [7, 11) is 1.58. The van der Waals surface area contributed by atoms with Crippen LogP contribution in [0.3, 0.4) is 0 Å². The molecule has 7 nitrogen and oxygen atoms in total. The van der Waals surface area contributed by atoms with E-state index in [9.17, 15) is 4.79 Å². The molecule has 0 fully saturated rings. The molecule has 1 N–H and O–H groups in total. The van der Waals surface area contributed by atoms with Gasteiger partial charge in [-0.1, -0.05) is 11.3 Å². The summed E-state index contributed by atoms with van der Waals surface area (Å²) in [5.74, 6) is 0.198. The van der Waals surface area contributed by atoms with Gasteiger partial charge in [0.2, 0.25) is 0 Å². The number of carboxylic acids is 1. The number of hydrogen-bond donors (Lipinski definition) is 1. The normalized spacial score (nSPS) is 10.3. The summed E-state index contributed by atoms with van der Waals surface area (Å²) in [4.78, 5) is 10.7. The van der Waals surface area contributed by atoms with Crippen LogP contribution in [0.4, 0.5) is 0 Å². The Morgan fingerprint density at radius 2 is 2.20 bits per heavy atom. The molecule has 7 heteroatoms. The molecule has 2 rings (SSSR count). The van der Waals surface area contributed by atoms with Crippen molar-refractivity contribution < 1.29 is 19.4 Å². The first-order valence-corrected chi connectivity index (χ1v) is 6.01. The monoisotopic (exact) mass is 277 g/mol. The lowest BCUT2D eigenvalue weighted by Crippen LogP contribution is -2.09. The number of aromatic carboxylic acids is 1. The van der Waals surface area contributed by atoms with Crippen molar-refractivity contribution in [3.05, 3.63) is 35.7 Å². The molecule has 0 unspecified atom stereocenters. The van der Waals surface area contributed by atoms with E-state index in [0.717, 1.165) is 5.56 Å².